The molecule has 1 unspecified atom stereocenters. The van der Waals surface area contributed by atoms with E-state index in [-0.39, 0.29) is 11.7 Å². The zero-order chi connectivity index (χ0) is 9.84. The Bertz CT molecular complexity index is 260. The van der Waals surface area contributed by atoms with Gasteiger partial charge in [-0.05, 0) is 18.1 Å². The summed E-state index contributed by atoms with van der Waals surface area (Å²) in [5.41, 5.74) is 0. The highest BCUT2D eigenvalue weighted by Gasteiger charge is 2.17. The molecule has 0 saturated heterocycles. The molecule has 72 valence electrons. The van der Waals surface area contributed by atoms with Crippen molar-refractivity contribution in [3.8, 4) is 0 Å². The van der Waals surface area contributed by atoms with E-state index in [1.165, 1.54) is 0 Å². The normalized spacial score (nSPS) is 13.2. The van der Waals surface area contributed by atoms with Gasteiger partial charge in [-0.3, -0.25) is 4.79 Å². The van der Waals surface area contributed by atoms with Crippen LogP contribution in [0.3, 0.4) is 0 Å². The number of rotatable bonds is 4. The quantitative estimate of drug-likeness (QED) is 0.713. The van der Waals surface area contributed by atoms with Crippen LogP contribution >= 0.6 is 0 Å². The first-order valence-electron chi connectivity index (χ1n) is 4.66. The molecule has 1 aromatic rings. The fourth-order valence-electron chi connectivity index (χ4n) is 1.12. The molecule has 1 aromatic heterocycles. The molecule has 0 aliphatic carbocycles. The average Bonchev–Trinajstić information content (AvgIpc) is 2.55. The van der Waals surface area contributed by atoms with Crippen molar-refractivity contribution in [2.24, 2.45) is 11.8 Å². The molecule has 0 amide bonds. The van der Waals surface area contributed by atoms with Crippen molar-refractivity contribution < 1.29 is 9.21 Å². The second-order valence-electron chi connectivity index (χ2n) is 3.76. The fraction of sp³-hybridized carbons (Fsp3) is 0.545. The highest BCUT2D eigenvalue weighted by molar-refractivity contribution is 5.82. The first kappa shape index (κ1) is 10.0. The molecule has 0 aliphatic rings. The van der Waals surface area contributed by atoms with E-state index in [1.54, 1.807) is 6.26 Å². The van der Waals surface area contributed by atoms with Gasteiger partial charge in [0, 0.05) is 5.92 Å². The third-order valence-electron chi connectivity index (χ3n) is 2.44. The third-order valence-corrected chi connectivity index (χ3v) is 2.44. The SMILES string of the molecule is CC(C)C(C)C(=O)Cc1ccco1. The van der Waals surface area contributed by atoms with Crippen LogP contribution in [0.2, 0.25) is 0 Å². The van der Waals surface area contributed by atoms with Crippen molar-refractivity contribution in [1.82, 2.24) is 0 Å². The van der Waals surface area contributed by atoms with Gasteiger partial charge in [0.2, 0.25) is 0 Å². The molecule has 0 fully saturated rings. The van der Waals surface area contributed by atoms with Crippen molar-refractivity contribution >= 4 is 5.78 Å². The molecule has 0 N–H and O–H groups in total. The van der Waals surface area contributed by atoms with Gasteiger partial charge in [-0.15, -0.1) is 0 Å². The smallest absolute Gasteiger partial charge is 0.143 e. The van der Waals surface area contributed by atoms with Gasteiger partial charge in [0.05, 0.1) is 12.7 Å². The molecule has 0 spiro atoms. The maximum atomic E-state index is 11.6. The molecule has 0 aromatic carbocycles. The molecule has 2 heteroatoms. The molecule has 1 heterocycles. The number of carbonyl (C=O) groups excluding carboxylic acids is 1. The maximum Gasteiger partial charge on any atom is 0.143 e. The highest BCUT2D eigenvalue weighted by atomic mass is 16.3. The summed E-state index contributed by atoms with van der Waals surface area (Å²) in [5.74, 6) is 1.54. The number of ketones is 1. The van der Waals surface area contributed by atoms with Crippen LogP contribution in [0.25, 0.3) is 0 Å². The topological polar surface area (TPSA) is 30.2 Å². The number of Topliss-reactive ketones (excluding diaryl/α,β-unsaturated/α-hetero) is 1. The van der Waals surface area contributed by atoms with Crippen LogP contribution in [0, 0.1) is 11.8 Å². The summed E-state index contributed by atoms with van der Waals surface area (Å²) in [4.78, 5) is 11.6. The summed E-state index contributed by atoms with van der Waals surface area (Å²) in [6.45, 7) is 6.09. The van der Waals surface area contributed by atoms with E-state index in [2.05, 4.69) is 13.8 Å². The number of furan rings is 1. The van der Waals surface area contributed by atoms with Crippen molar-refractivity contribution in [1.29, 1.82) is 0 Å². The van der Waals surface area contributed by atoms with Crippen LogP contribution < -0.4 is 0 Å². The van der Waals surface area contributed by atoms with Crippen molar-refractivity contribution in [3.05, 3.63) is 24.2 Å². The molecular weight excluding hydrogens is 164 g/mol. The summed E-state index contributed by atoms with van der Waals surface area (Å²) in [5, 5.41) is 0. The van der Waals surface area contributed by atoms with Crippen LogP contribution in [0.15, 0.2) is 22.8 Å². The number of carbonyl (C=O) groups is 1. The predicted octanol–water partition coefficient (Wildman–Crippen LogP) is 2.68. The summed E-state index contributed by atoms with van der Waals surface area (Å²) in [6, 6.07) is 3.65. The lowest BCUT2D eigenvalue weighted by Crippen LogP contribution is -2.18. The van der Waals surface area contributed by atoms with E-state index in [0.29, 0.717) is 12.3 Å². The summed E-state index contributed by atoms with van der Waals surface area (Å²) < 4.78 is 5.11. The van der Waals surface area contributed by atoms with E-state index < -0.39 is 0 Å². The number of hydrogen-bond donors (Lipinski definition) is 0. The Kier molecular flexibility index (Phi) is 3.29. The van der Waals surface area contributed by atoms with Gasteiger partial charge in [-0.25, -0.2) is 0 Å². The van der Waals surface area contributed by atoms with E-state index in [4.69, 9.17) is 4.42 Å². The second kappa shape index (κ2) is 4.26. The Hall–Kier alpha value is -1.05. The largest absolute Gasteiger partial charge is 0.469 e. The summed E-state index contributed by atoms with van der Waals surface area (Å²) in [6.07, 6.45) is 2.02. The van der Waals surface area contributed by atoms with Gasteiger partial charge >= 0.3 is 0 Å². The monoisotopic (exact) mass is 180 g/mol. The minimum absolute atomic E-state index is 0.116. The predicted molar refractivity (Wildman–Crippen MR) is 51.4 cm³/mol. The van der Waals surface area contributed by atoms with Crippen molar-refractivity contribution in [3.63, 3.8) is 0 Å². The fourth-order valence-corrected chi connectivity index (χ4v) is 1.12. The van der Waals surface area contributed by atoms with E-state index in [0.717, 1.165) is 5.76 Å². The molecule has 0 radical (unpaired) electrons. The molecule has 1 rings (SSSR count). The standard InChI is InChI=1S/C11H16O2/c1-8(2)9(3)11(12)7-10-5-4-6-13-10/h4-6,8-9H,7H2,1-3H3. The molecule has 0 bridgehead atoms. The maximum absolute atomic E-state index is 11.6. The molecule has 0 saturated carbocycles. The zero-order valence-corrected chi connectivity index (χ0v) is 8.41. The lowest BCUT2D eigenvalue weighted by molar-refractivity contribution is -0.123. The van der Waals surface area contributed by atoms with Gasteiger partial charge in [-0.1, -0.05) is 20.8 Å². The summed E-state index contributed by atoms with van der Waals surface area (Å²) in [7, 11) is 0. The first-order chi connectivity index (χ1) is 6.11. The summed E-state index contributed by atoms with van der Waals surface area (Å²) >= 11 is 0. The van der Waals surface area contributed by atoms with Gasteiger partial charge in [0.15, 0.2) is 0 Å². The average molecular weight is 180 g/mol. The Morgan fingerprint density at radius 2 is 2.15 bits per heavy atom. The molecule has 2 nitrogen and oxygen atoms in total. The molecule has 1 atom stereocenters. The Morgan fingerprint density at radius 1 is 1.46 bits per heavy atom. The Morgan fingerprint density at radius 3 is 2.62 bits per heavy atom. The van der Waals surface area contributed by atoms with Crippen LogP contribution in [-0.2, 0) is 11.2 Å². The van der Waals surface area contributed by atoms with E-state index in [1.807, 2.05) is 19.1 Å². The van der Waals surface area contributed by atoms with Crippen molar-refractivity contribution in [2.75, 3.05) is 0 Å². The first-order valence-corrected chi connectivity index (χ1v) is 4.66. The molecule has 13 heavy (non-hydrogen) atoms. The molecule has 0 aliphatic heterocycles. The minimum Gasteiger partial charge on any atom is -0.469 e. The number of hydrogen-bond acceptors (Lipinski definition) is 2. The minimum atomic E-state index is 0.116. The van der Waals surface area contributed by atoms with Crippen LogP contribution in [0.5, 0.6) is 0 Å². The lowest BCUT2D eigenvalue weighted by atomic mass is 9.91. The van der Waals surface area contributed by atoms with Crippen molar-refractivity contribution in [2.45, 2.75) is 27.2 Å². The van der Waals surface area contributed by atoms with Crippen LogP contribution in [0.4, 0.5) is 0 Å². The second-order valence-corrected chi connectivity index (χ2v) is 3.76. The van der Waals surface area contributed by atoms with Gasteiger partial charge in [-0.2, -0.15) is 0 Å². The Labute approximate surface area is 78.9 Å². The van der Waals surface area contributed by atoms with Crippen LogP contribution in [0.1, 0.15) is 26.5 Å². The van der Waals surface area contributed by atoms with Gasteiger partial charge in [0.25, 0.3) is 0 Å². The molecular formula is C11H16O2. The Balaban J connectivity index is 2.51. The highest BCUT2D eigenvalue weighted by Crippen LogP contribution is 2.14. The lowest BCUT2D eigenvalue weighted by Gasteiger charge is -2.12. The van der Waals surface area contributed by atoms with Crippen LogP contribution in [-0.4, -0.2) is 5.78 Å². The van der Waals surface area contributed by atoms with E-state index >= 15 is 0 Å². The van der Waals surface area contributed by atoms with Gasteiger partial charge in [0.1, 0.15) is 11.5 Å². The van der Waals surface area contributed by atoms with Gasteiger partial charge < -0.3 is 4.42 Å². The third kappa shape index (κ3) is 2.72. The zero-order valence-electron chi connectivity index (χ0n) is 8.41. The van der Waals surface area contributed by atoms with E-state index in [9.17, 15) is 4.79 Å².